The van der Waals surface area contributed by atoms with E-state index in [0.29, 0.717) is 60.6 Å². The Kier molecular flexibility index (Phi) is 15.5. The second kappa shape index (κ2) is 22.2. The van der Waals surface area contributed by atoms with Gasteiger partial charge < -0.3 is 25.4 Å². The number of carbonyl (C=O) groups excluding carboxylic acids is 6. The van der Waals surface area contributed by atoms with Crippen molar-refractivity contribution in [2.24, 2.45) is 27.6 Å². The molecule has 3 amide bonds. The minimum absolute atomic E-state index is 0.00497. The third kappa shape index (κ3) is 10.4. The molecule has 0 radical (unpaired) electrons. The number of hydrogen-bond acceptors (Lipinski definition) is 8. The Morgan fingerprint density at radius 3 is 1.69 bits per heavy atom. The summed E-state index contributed by atoms with van der Waals surface area (Å²) in [6, 6.07) is 30.6. The maximum Gasteiger partial charge on any atom is 0.306 e. The Labute approximate surface area is 522 Å². The van der Waals surface area contributed by atoms with E-state index in [1.165, 1.54) is 22.3 Å². The third-order valence-electron chi connectivity index (χ3n) is 21.9. The van der Waals surface area contributed by atoms with Crippen LogP contribution in [0.25, 0.3) is 5.57 Å². The van der Waals surface area contributed by atoms with Crippen LogP contribution in [0.1, 0.15) is 207 Å². The predicted octanol–water partition coefficient (Wildman–Crippen LogP) is 14.7. The molecule has 3 saturated carbocycles. The summed E-state index contributed by atoms with van der Waals surface area (Å²) >= 11 is 12.6. The minimum atomic E-state index is -0.486. The molecule has 2 saturated heterocycles. The second-order valence-corrected chi connectivity index (χ2v) is 29.7. The zero-order valence-electron chi connectivity index (χ0n) is 52.1. The number of halogens is 2. The standard InChI is InChI=1S/2C26H28ClNO3.C22H27NO2/c1-15-9-17(11-18(27)10-15)13-28-24(30)23-22-16(2)5-4-6-19(22)20-7-8-25(3)14-26(20,23)12-21(29)31-25;1-15-7-8-17(20(27)11-15)13-28-24(30)23-22-16(2)5-4-6-18(22)19-9-10-25(3)14-26(19,23)12-21(29)31-25;1-13(2)11-23-20(25)19-18-14(3)6-5-7-15(18)16-8-9-21(4)12-22(16,19)10-17(21)24/h4-6,9-11,20,23H,7-8,12-14H2,1-3H3,(H,28,30);4-8,11,19,23H,9-10,12-14H2,1-3H3,(H,28,30);5-8,13,19H,9-12H2,1-4H3,(H,23,25)/t20-,23+,25-,26+;19-,23+,25-,26+;19-,21+,22-/m001/s1. The normalized spacial score (nSPS) is 31.3. The number of carbonyl (C=O) groups is 6. The van der Waals surface area contributed by atoms with Crippen molar-refractivity contribution in [2.45, 2.75) is 194 Å². The smallest absolute Gasteiger partial charge is 0.306 e. The molecule has 5 fully saturated rings. The van der Waals surface area contributed by atoms with Gasteiger partial charge in [-0.25, -0.2) is 0 Å². The molecule has 11 atom stereocenters. The summed E-state index contributed by atoms with van der Waals surface area (Å²) in [4.78, 5) is 79.0. The minimum Gasteiger partial charge on any atom is -0.459 e. The molecular weight excluding hydrogens is 1130 g/mol. The van der Waals surface area contributed by atoms with Crippen LogP contribution in [0.5, 0.6) is 0 Å². The van der Waals surface area contributed by atoms with E-state index in [1.807, 2.05) is 64.1 Å². The number of Topliss-reactive ketones (excluding diaryl/α,β-unsaturated/α-hetero) is 1. The summed E-state index contributed by atoms with van der Waals surface area (Å²) < 4.78 is 11.5. The first-order valence-electron chi connectivity index (χ1n) is 31.5. The fourth-order valence-corrected chi connectivity index (χ4v) is 19.2. The molecular formula is C74H83Cl2N3O8. The maximum absolute atomic E-state index is 13.8. The summed E-state index contributed by atoms with van der Waals surface area (Å²) in [5.41, 5.74) is 13.3. The lowest BCUT2D eigenvalue weighted by Crippen LogP contribution is -2.54. The van der Waals surface area contributed by atoms with Gasteiger partial charge in [-0.2, -0.15) is 0 Å². The van der Waals surface area contributed by atoms with Crippen molar-refractivity contribution < 1.29 is 38.2 Å². The number of allylic oxidation sites excluding steroid dienone is 2. The second-order valence-electron chi connectivity index (χ2n) is 28.8. The highest BCUT2D eigenvalue weighted by molar-refractivity contribution is 6.31. The molecule has 11 nitrogen and oxygen atoms in total. The SMILES string of the molecule is Cc1cc(Cl)cc(CNC(=O)[C@H]2c3c(C)cccc3[C@@H]3CC[C@@]4(C)C[C@]32CC(=O)O4)c1.Cc1ccc(CNC(=O)[C@H]2c3c(C)cccc3[C@@H]3CC[C@@]4(C)C[C@]32CC(=O)O4)c(Cl)c1.Cc1cccc2c1[C@H](C(=O)NCC(C)C)[C@@]13CC(=O)[C@@](C)(CC=C21)C3. The molecule has 5 aromatic carbocycles. The van der Waals surface area contributed by atoms with E-state index in [-0.39, 0.29) is 70.1 Å². The Hall–Kier alpha value is -6.56. The number of hydrogen-bond donors (Lipinski definition) is 3. The van der Waals surface area contributed by atoms with Crippen molar-refractivity contribution in [3.05, 3.63) is 179 Å². The van der Waals surface area contributed by atoms with Crippen LogP contribution in [-0.2, 0) is 51.3 Å². The molecule has 14 rings (SSSR count). The number of nitrogens with one attached hydrogen (secondary N) is 3. The average molecular weight is 1210 g/mol. The van der Waals surface area contributed by atoms with Crippen LogP contribution in [0, 0.1) is 62.2 Å². The summed E-state index contributed by atoms with van der Waals surface area (Å²) in [7, 11) is 0. The number of rotatable bonds is 9. The topological polar surface area (TPSA) is 157 Å². The fraction of sp³-hybridized carbons (Fsp3) is 0.486. The zero-order valence-corrected chi connectivity index (χ0v) is 53.6. The molecule has 6 bridgehead atoms. The largest absolute Gasteiger partial charge is 0.459 e. The van der Waals surface area contributed by atoms with Gasteiger partial charge in [0.2, 0.25) is 17.7 Å². The van der Waals surface area contributed by atoms with Gasteiger partial charge in [0.1, 0.15) is 17.0 Å². The lowest BCUT2D eigenvalue weighted by Gasteiger charge is -2.53. The van der Waals surface area contributed by atoms with Gasteiger partial charge in [-0.15, -0.1) is 0 Å². The van der Waals surface area contributed by atoms with Crippen LogP contribution in [0.2, 0.25) is 10.0 Å². The lowest BCUT2D eigenvalue weighted by molar-refractivity contribution is -0.190. The number of ether oxygens (including phenoxy) is 2. The molecule has 456 valence electrons. The molecule has 3 N–H and O–H groups in total. The summed E-state index contributed by atoms with van der Waals surface area (Å²) in [5.74, 6) is -0.0617. The Bertz CT molecular complexity index is 3740. The van der Waals surface area contributed by atoms with Gasteiger partial charge in [-0.1, -0.05) is 123 Å². The highest BCUT2D eigenvalue weighted by Gasteiger charge is 2.67. The average Bonchev–Trinajstić information content (AvgIpc) is 1.56. The summed E-state index contributed by atoms with van der Waals surface area (Å²) in [5, 5.41) is 10.8. The highest BCUT2D eigenvalue weighted by atomic mass is 35.5. The number of benzene rings is 5. The summed E-state index contributed by atoms with van der Waals surface area (Å²) in [6.07, 6.45) is 9.99. The monoisotopic (exact) mass is 1210 g/mol. The Balaban J connectivity index is 0.000000128. The number of fused-ring (bicyclic) bond motifs is 9. The quantitative estimate of drug-likeness (QED) is 0.123. The number of esters is 2. The van der Waals surface area contributed by atoms with E-state index in [0.717, 1.165) is 107 Å². The molecule has 7 aliphatic carbocycles. The number of aryl methyl sites for hydroxylation is 5. The molecule has 3 spiro atoms. The van der Waals surface area contributed by atoms with Crippen LogP contribution >= 0.6 is 23.2 Å². The van der Waals surface area contributed by atoms with Gasteiger partial charge in [0, 0.05) is 57.8 Å². The van der Waals surface area contributed by atoms with E-state index in [4.69, 9.17) is 32.7 Å². The first-order chi connectivity index (χ1) is 41.2. The predicted molar refractivity (Wildman–Crippen MR) is 339 cm³/mol. The van der Waals surface area contributed by atoms with Crippen molar-refractivity contribution in [2.75, 3.05) is 6.54 Å². The van der Waals surface area contributed by atoms with E-state index in [2.05, 4.69) is 118 Å². The van der Waals surface area contributed by atoms with Crippen molar-refractivity contribution in [1.82, 2.24) is 16.0 Å². The molecule has 0 unspecified atom stereocenters. The lowest BCUT2D eigenvalue weighted by atomic mass is 9.56. The molecule has 13 heteroatoms. The van der Waals surface area contributed by atoms with Crippen molar-refractivity contribution in [3.63, 3.8) is 0 Å². The number of amides is 3. The van der Waals surface area contributed by atoms with E-state index in [9.17, 15) is 28.8 Å². The van der Waals surface area contributed by atoms with Gasteiger partial charge in [-0.05, 0) is 214 Å². The van der Waals surface area contributed by atoms with Crippen molar-refractivity contribution in [1.29, 1.82) is 0 Å². The van der Waals surface area contributed by atoms with Crippen LogP contribution in [-0.4, -0.2) is 53.2 Å². The Morgan fingerprint density at radius 1 is 0.598 bits per heavy atom. The van der Waals surface area contributed by atoms with Gasteiger partial charge in [0.05, 0.1) is 30.6 Å². The first-order valence-corrected chi connectivity index (χ1v) is 32.3. The van der Waals surface area contributed by atoms with Crippen molar-refractivity contribution >= 4 is 64.2 Å². The molecule has 5 aromatic rings. The summed E-state index contributed by atoms with van der Waals surface area (Å²) in [6.45, 7) is 22.0. The highest BCUT2D eigenvalue weighted by Crippen LogP contribution is 2.71. The van der Waals surface area contributed by atoms with Crippen LogP contribution in [0.4, 0.5) is 0 Å². The van der Waals surface area contributed by atoms with Crippen LogP contribution in [0.15, 0.2) is 97.1 Å². The van der Waals surface area contributed by atoms with Crippen LogP contribution in [0.3, 0.4) is 0 Å². The fourth-order valence-electron chi connectivity index (χ4n) is 18.5. The van der Waals surface area contributed by atoms with Gasteiger partial charge in [0.25, 0.3) is 0 Å². The zero-order chi connectivity index (χ0) is 61.9. The third-order valence-corrected chi connectivity index (χ3v) is 22.5. The maximum atomic E-state index is 13.8. The molecule has 0 aromatic heterocycles. The first kappa shape index (κ1) is 60.7. The van der Waals surface area contributed by atoms with Gasteiger partial charge >= 0.3 is 11.9 Å². The van der Waals surface area contributed by atoms with Crippen LogP contribution < -0.4 is 16.0 Å². The van der Waals surface area contributed by atoms with Gasteiger partial charge in [0.15, 0.2) is 0 Å². The molecule has 2 aliphatic heterocycles. The van der Waals surface area contributed by atoms with E-state index >= 15 is 0 Å². The molecule has 2 heterocycles. The van der Waals surface area contributed by atoms with Gasteiger partial charge in [-0.3, -0.25) is 28.8 Å². The molecule has 87 heavy (non-hydrogen) atoms. The molecule has 9 aliphatic rings. The van der Waals surface area contributed by atoms with E-state index in [1.54, 1.807) is 0 Å². The van der Waals surface area contributed by atoms with Crippen molar-refractivity contribution in [3.8, 4) is 0 Å². The van der Waals surface area contributed by atoms with E-state index < -0.39 is 22.0 Å². The number of ketones is 1. The Morgan fingerprint density at radius 2 is 1.14 bits per heavy atom.